The van der Waals surface area contributed by atoms with Crippen LogP contribution in [0.5, 0.6) is 0 Å². The number of benzene rings is 3. The van der Waals surface area contributed by atoms with Crippen LogP contribution >= 0.6 is 0 Å². The number of carbonyl (C=O) groups excluding carboxylic acids is 1. The van der Waals surface area contributed by atoms with E-state index in [1.165, 1.54) is 21.9 Å². The lowest BCUT2D eigenvalue weighted by Gasteiger charge is -2.34. The van der Waals surface area contributed by atoms with Crippen molar-refractivity contribution < 1.29 is 9.53 Å². The van der Waals surface area contributed by atoms with Crippen molar-refractivity contribution in [2.75, 3.05) is 13.1 Å². The molecule has 1 fully saturated rings. The number of carbonyl (C=O) groups is 1. The van der Waals surface area contributed by atoms with Gasteiger partial charge in [-0.25, -0.2) is 4.79 Å². The van der Waals surface area contributed by atoms with E-state index in [9.17, 15) is 4.79 Å². The summed E-state index contributed by atoms with van der Waals surface area (Å²) in [6.45, 7) is 9.82. The molecule has 0 saturated carbocycles. The van der Waals surface area contributed by atoms with E-state index in [0.717, 1.165) is 13.1 Å². The molecule has 0 radical (unpaired) electrons. The maximum atomic E-state index is 12.9. The highest BCUT2D eigenvalue weighted by molar-refractivity contribution is 5.86. The molecule has 0 spiro atoms. The summed E-state index contributed by atoms with van der Waals surface area (Å²) in [6, 6.07) is 25.4. The predicted molar refractivity (Wildman–Crippen MR) is 131 cm³/mol. The fourth-order valence-corrected chi connectivity index (χ4v) is 4.95. The van der Waals surface area contributed by atoms with Gasteiger partial charge in [0.2, 0.25) is 0 Å². The van der Waals surface area contributed by atoms with Gasteiger partial charge in [-0.2, -0.15) is 0 Å². The molecule has 4 heteroatoms. The Hall–Kier alpha value is -2.85. The zero-order valence-electron chi connectivity index (χ0n) is 19.5. The van der Waals surface area contributed by atoms with Gasteiger partial charge in [-0.05, 0) is 42.7 Å². The van der Waals surface area contributed by atoms with E-state index in [4.69, 9.17) is 4.74 Å². The van der Waals surface area contributed by atoms with Gasteiger partial charge in [0, 0.05) is 36.4 Å². The van der Waals surface area contributed by atoms with Crippen molar-refractivity contribution in [3.8, 4) is 0 Å². The van der Waals surface area contributed by atoms with Crippen LogP contribution in [0.15, 0.2) is 72.8 Å². The van der Waals surface area contributed by atoms with Crippen molar-refractivity contribution in [3.05, 3.63) is 83.9 Å². The van der Waals surface area contributed by atoms with E-state index in [1.54, 1.807) is 0 Å². The Morgan fingerprint density at radius 2 is 1.66 bits per heavy atom. The molecule has 168 valence electrons. The van der Waals surface area contributed by atoms with Crippen molar-refractivity contribution >= 4 is 16.9 Å². The minimum atomic E-state index is -0.353. The van der Waals surface area contributed by atoms with E-state index in [-0.39, 0.29) is 29.6 Å². The molecule has 0 aliphatic carbocycles. The lowest BCUT2D eigenvalue weighted by atomic mass is 9.78. The standard InChI is InChI=1S/C28H34N2O2/c1-19(22-16-10-14-20-13-8-9-15-23(20)22)26(32-27(31)30-28(2,3)4)25-18-29-17-24(25)21-11-6-5-7-12-21/h5-16,19,24-26,29H,17-18H2,1-4H3,(H,30,31)/t19-,24-,25+,26?/m1/s1. The summed E-state index contributed by atoms with van der Waals surface area (Å²) in [5.41, 5.74) is 2.16. The first kappa shape index (κ1) is 22.3. The fraction of sp³-hybridized carbons (Fsp3) is 0.393. The topological polar surface area (TPSA) is 50.4 Å². The summed E-state index contributed by atoms with van der Waals surface area (Å²) in [5.74, 6) is 0.515. The average Bonchev–Trinajstić information content (AvgIpc) is 3.25. The zero-order chi connectivity index (χ0) is 22.7. The molecule has 3 aromatic rings. The summed E-state index contributed by atoms with van der Waals surface area (Å²) in [7, 11) is 0. The third-order valence-corrected chi connectivity index (χ3v) is 6.44. The highest BCUT2D eigenvalue weighted by Gasteiger charge is 2.40. The monoisotopic (exact) mass is 430 g/mol. The molecule has 4 atom stereocenters. The van der Waals surface area contributed by atoms with Crippen molar-refractivity contribution in [3.63, 3.8) is 0 Å². The minimum Gasteiger partial charge on any atom is -0.445 e. The first-order chi connectivity index (χ1) is 15.3. The maximum Gasteiger partial charge on any atom is 0.407 e. The SMILES string of the molecule is C[C@H](c1cccc2ccccc12)C(OC(=O)NC(C)(C)C)[C@H]1CNC[C@@H]1c1ccccc1. The largest absolute Gasteiger partial charge is 0.445 e. The maximum absolute atomic E-state index is 12.9. The Morgan fingerprint density at radius 3 is 2.41 bits per heavy atom. The number of nitrogens with one attached hydrogen (secondary N) is 2. The first-order valence-electron chi connectivity index (χ1n) is 11.6. The van der Waals surface area contributed by atoms with Crippen LogP contribution in [0.1, 0.15) is 50.7 Å². The summed E-state index contributed by atoms with van der Waals surface area (Å²) < 4.78 is 6.24. The Morgan fingerprint density at radius 1 is 0.969 bits per heavy atom. The van der Waals surface area contributed by atoms with Crippen LogP contribution < -0.4 is 10.6 Å². The molecule has 1 amide bonds. The molecule has 1 saturated heterocycles. The smallest absolute Gasteiger partial charge is 0.407 e. The Labute approximate surface area is 191 Å². The van der Waals surface area contributed by atoms with Gasteiger partial charge < -0.3 is 15.4 Å². The van der Waals surface area contributed by atoms with Gasteiger partial charge in [0.25, 0.3) is 0 Å². The molecular formula is C28H34N2O2. The van der Waals surface area contributed by atoms with Gasteiger partial charge in [-0.3, -0.25) is 0 Å². The number of amides is 1. The van der Waals surface area contributed by atoms with E-state index >= 15 is 0 Å². The molecule has 1 aliphatic heterocycles. The summed E-state index contributed by atoms with van der Waals surface area (Å²) in [5, 5.41) is 8.97. The van der Waals surface area contributed by atoms with E-state index < -0.39 is 0 Å². The molecular weight excluding hydrogens is 396 g/mol. The van der Waals surface area contributed by atoms with E-state index in [0.29, 0.717) is 5.92 Å². The van der Waals surface area contributed by atoms with Gasteiger partial charge in [-0.15, -0.1) is 0 Å². The number of hydrogen-bond acceptors (Lipinski definition) is 3. The number of fused-ring (bicyclic) bond motifs is 1. The van der Waals surface area contributed by atoms with Crippen molar-refractivity contribution in [2.45, 2.75) is 51.2 Å². The van der Waals surface area contributed by atoms with Gasteiger partial charge in [-0.1, -0.05) is 79.7 Å². The second-order valence-electron chi connectivity index (χ2n) is 9.94. The van der Waals surface area contributed by atoms with Crippen LogP contribution in [0.2, 0.25) is 0 Å². The van der Waals surface area contributed by atoms with Crippen molar-refractivity contribution in [2.24, 2.45) is 5.92 Å². The van der Waals surface area contributed by atoms with E-state index in [1.807, 2.05) is 26.8 Å². The Balaban J connectivity index is 1.71. The van der Waals surface area contributed by atoms with Gasteiger partial charge in [0.05, 0.1) is 0 Å². The third-order valence-electron chi connectivity index (χ3n) is 6.44. The van der Waals surface area contributed by atoms with Gasteiger partial charge >= 0.3 is 6.09 Å². The number of alkyl carbamates (subject to hydrolysis) is 1. The molecule has 3 aromatic carbocycles. The molecule has 32 heavy (non-hydrogen) atoms. The fourth-order valence-electron chi connectivity index (χ4n) is 4.95. The molecule has 1 aliphatic rings. The van der Waals surface area contributed by atoms with Gasteiger partial charge in [0.15, 0.2) is 0 Å². The summed E-state index contributed by atoms with van der Waals surface area (Å²) in [6.07, 6.45) is -0.614. The average molecular weight is 431 g/mol. The lowest BCUT2D eigenvalue weighted by molar-refractivity contribution is 0.0436. The zero-order valence-corrected chi connectivity index (χ0v) is 19.5. The van der Waals surface area contributed by atoms with Crippen LogP contribution in [0.25, 0.3) is 10.8 Å². The lowest BCUT2D eigenvalue weighted by Crippen LogP contribution is -2.45. The molecule has 1 unspecified atom stereocenters. The van der Waals surface area contributed by atoms with Crippen LogP contribution in [0, 0.1) is 5.92 Å². The molecule has 4 rings (SSSR count). The van der Waals surface area contributed by atoms with Gasteiger partial charge in [0.1, 0.15) is 6.10 Å². The molecule has 2 N–H and O–H groups in total. The number of ether oxygens (including phenoxy) is 1. The third kappa shape index (κ3) is 4.97. The molecule has 4 nitrogen and oxygen atoms in total. The van der Waals surface area contributed by atoms with Crippen LogP contribution in [0.4, 0.5) is 4.79 Å². The summed E-state index contributed by atoms with van der Waals surface area (Å²) in [4.78, 5) is 12.9. The second-order valence-corrected chi connectivity index (χ2v) is 9.94. The Kier molecular flexibility index (Phi) is 6.52. The van der Waals surface area contributed by atoms with E-state index in [2.05, 4.69) is 84.3 Å². The van der Waals surface area contributed by atoms with Crippen LogP contribution in [-0.2, 0) is 4.74 Å². The summed E-state index contributed by atoms with van der Waals surface area (Å²) >= 11 is 0. The quantitative estimate of drug-likeness (QED) is 0.535. The second kappa shape index (κ2) is 9.33. The first-order valence-corrected chi connectivity index (χ1v) is 11.6. The Bertz CT molecular complexity index is 1050. The number of hydrogen-bond donors (Lipinski definition) is 2. The highest BCUT2D eigenvalue weighted by Crippen LogP contribution is 2.39. The molecule has 1 heterocycles. The van der Waals surface area contributed by atoms with Crippen molar-refractivity contribution in [1.29, 1.82) is 0 Å². The minimum absolute atomic E-state index is 0.0444. The predicted octanol–water partition coefficient (Wildman–Crippen LogP) is 5.84. The van der Waals surface area contributed by atoms with Crippen LogP contribution in [-0.4, -0.2) is 30.8 Å². The normalized spacial score (nSPS) is 20.6. The van der Waals surface area contributed by atoms with Crippen molar-refractivity contribution in [1.82, 2.24) is 10.6 Å². The molecule has 0 aromatic heterocycles. The molecule has 0 bridgehead atoms. The number of rotatable bonds is 5. The highest BCUT2D eigenvalue weighted by atomic mass is 16.6. The van der Waals surface area contributed by atoms with Crippen LogP contribution in [0.3, 0.4) is 0 Å².